The summed E-state index contributed by atoms with van der Waals surface area (Å²) in [4.78, 5) is 39.7. The molecule has 3 rings (SSSR count). The summed E-state index contributed by atoms with van der Waals surface area (Å²) in [5.74, 6) is -2.97. The minimum Gasteiger partial charge on any atom is -0.378 e. The minimum atomic E-state index is -0.968. The summed E-state index contributed by atoms with van der Waals surface area (Å²) in [6, 6.07) is 9.76. The minimum absolute atomic E-state index is 0.150. The Hall–Kier alpha value is -3.33. The number of hydrogen-bond donors (Lipinski definition) is 2. The molecule has 1 fully saturated rings. The van der Waals surface area contributed by atoms with Crippen molar-refractivity contribution in [2.75, 3.05) is 26.3 Å². The van der Waals surface area contributed by atoms with E-state index in [1.54, 1.807) is 35.2 Å². The van der Waals surface area contributed by atoms with Crippen LogP contribution in [-0.2, 0) is 25.5 Å². The van der Waals surface area contributed by atoms with E-state index in [0.717, 1.165) is 12.1 Å². The van der Waals surface area contributed by atoms with Gasteiger partial charge >= 0.3 is 0 Å². The number of benzene rings is 2. The quantitative estimate of drug-likeness (QED) is 0.680. The molecule has 0 spiro atoms. The predicted octanol–water partition coefficient (Wildman–Crippen LogP) is 1.73. The second-order valence-corrected chi connectivity index (χ2v) is 7.53. The van der Waals surface area contributed by atoms with Gasteiger partial charge in [0.1, 0.15) is 23.7 Å². The van der Waals surface area contributed by atoms with Gasteiger partial charge in [0.15, 0.2) is 0 Å². The second kappa shape index (κ2) is 10.8. The number of nitrogens with zero attached hydrogens (tertiary/aromatic N) is 1. The molecule has 0 saturated carbocycles. The number of carbonyl (C=O) groups excluding carboxylic acids is 3. The van der Waals surface area contributed by atoms with Gasteiger partial charge in [0.25, 0.3) is 0 Å². The first-order valence-corrected chi connectivity index (χ1v) is 10.3. The number of carbonyl (C=O) groups is 3. The smallest absolute Gasteiger partial charge is 0.249 e. The van der Waals surface area contributed by atoms with Crippen LogP contribution in [0.2, 0.25) is 0 Å². The molecule has 1 aliphatic rings. The van der Waals surface area contributed by atoms with E-state index in [-0.39, 0.29) is 17.9 Å². The SMILES string of the molecule is C[C@H](NC(=O)Cc1cc(F)cc(F)c1)C(=O)NC(C(=O)N1CCOCC1)c1ccccc1. The lowest BCUT2D eigenvalue weighted by Crippen LogP contribution is -2.51. The summed E-state index contributed by atoms with van der Waals surface area (Å²) in [5.41, 5.74) is 0.767. The van der Waals surface area contributed by atoms with Gasteiger partial charge in [-0.1, -0.05) is 30.3 Å². The monoisotopic (exact) mass is 445 g/mol. The van der Waals surface area contributed by atoms with Crippen molar-refractivity contribution in [3.8, 4) is 0 Å². The van der Waals surface area contributed by atoms with E-state index < -0.39 is 35.5 Å². The van der Waals surface area contributed by atoms with Gasteiger partial charge in [0.05, 0.1) is 19.6 Å². The van der Waals surface area contributed by atoms with Gasteiger partial charge in [-0.2, -0.15) is 0 Å². The molecule has 0 radical (unpaired) electrons. The molecule has 170 valence electrons. The predicted molar refractivity (Wildman–Crippen MR) is 112 cm³/mol. The Bertz CT molecular complexity index is 945. The second-order valence-electron chi connectivity index (χ2n) is 7.53. The molecule has 1 aliphatic heterocycles. The Labute approximate surface area is 184 Å². The molecule has 9 heteroatoms. The van der Waals surface area contributed by atoms with Crippen LogP contribution in [0.25, 0.3) is 0 Å². The van der Waals surface area contributed by atoms with Crippen LogP contribution in [0.15, 0.2) is 48.5 Å². The topological polar surface area (TPSA) is 87.7 Å². The fraction of sp³-hybridized carbons (Fsp3) is 0.348. The van der Waals surface area contributed by atoms with Gasteiger partial charge in [-0.25, -0.2) is 8.78 Å². The van der Waals surface area contributed by atoms with E-state index in [2.05, 4.69) is 10.6 Å². The van der Waals surface area contributed by atoms with Gasteiger partial charge in [0, 0.05) is 19.2 Å². The van der Waals surface area contributed by atoms with E-state index in [9.17, 15) is 23.2 Å². The van der Waals surface area contributed by atoms with E-state index >= 15 is 0 Å². The highest BCUT2D eigenvalue weighted by Crippen LogP contribution is 2.17. The maximum atomic E-state index is 13.3. The normalized spacial score (nSPS) is 15.5. The number of nitrogens with one attached hydrogen (secondary N) is 2. The average molecular weight is 445 g/mol. The van der Waals surface area contributed by atoms with E-state index in [0.29, 0.717) is 37.9 Å². The van der Waals surface area contributed by atoms with Crippen LogP contribution in [0.3, 0.4) is 0 Å². The molecule has 3 amide bonds. The van der Waals surface area contributed by atoms with Gasteiger partial charge < -0.3 is 20.3 Å². The molecule has 32 heavy (non-hydrogen) atoms. The van der Waals surface area contributed by atoms with Gasteiger partial charge in [-0.3, -0.25) is 14.4 Å². The zero-order chi connectivity index (χ0) is 23.1. The highest BCUT2D eigenvalue weighted by atomic mass is 19.1. The molecule has 2 aromatic carbocycles. The summed E-state index contributed by atoms with van der Waals surface area (Å²) < 4.78 is 31.9. The molecule has 1 unspecified atom stereocenters. The molecule has 0 aromatic heterocycles. The van der Waals surface area contributed by atoms with Crippen molar-refractivity contribution in [3.63, 3.8) is 0 Å². The number of ether oxygens (including phenoxy) is 1. The van der Waals surface area contributed by atoms with Crippen LogP contribution in [0, 0.1) is 11.6 Å². The third-order valence-electron chi connectivity index (χ3n) is 5.05. The Kier molecular flexibility index (Phi) is 7.88. The van der Waals surface area contributed by atoms with Gasteiger partial charge in [-0.05, 0) is 30.2 Å². The van der Waals surface area contributed by atoms with Crippen LogP contribution in [0.1, 0.15) is 24.1 Å². The summed E-state index contributed by atoms with van der Waals surface area (Å²) in [7, 11) is 0. The molecule has 1 saturated heterocycles. The van der Waals surface area contributed by atoms with Crippen LogP contribution in [0.4, 0.5) is 8.78 Å². The van der Waals surface area contributed by atoms with Crippen LogP contribution >= 0.6 is 0 Å². The van der Waals surface area contributed by atoms with Crippen molar-refractivity contribution in [2.24, 2.45) is 0 Å². The number of amides is 3. The van der Waals surface area contributed by atoms with Crippen LogP contribution in [-0.4, -0.2) is 55.0 Å². The molecular weight excluding hydrogens is 420 g/mol. The van der Waals surface area contributed by atoms with Crippen molar-refractivity contribution < 1.29 is 27.9 Å². The van der Waals surface area contributed by atoms with E-state index in [1.807, 2.05) is 0 Å². The maximum Gasteiger partial charge on any atom is 0.249 e. The Morgan fingerprint density at radius 1 is 1.00 bits per heavy atom. The molecule has 0 bridgehead atoms. The van der Waals surface area contributed by atoms with Crippen molar-refractivity contribution >= 4 is 17.7 Å². The molecule has 2 N–H and O–H groups in total. The summed E-state index contributed by atoms with van der Waals surface area (Å²) in [5, 5.41) is 5.21. The van der Waals surface area contributed by atoms with Gasteiger partial charge in [0.2, 0.25) is 17.7 Å². The summed E-state index contributed by atoms with van der Waals surface area (Å²) >= 11 is 0. The molecule has 2 atom stereocenters. The van der Waals surface area contributed by atoms with Crippen LogP contribution in [0.5, 0.6) is 0 Å². The highest BCUT2D eigenvalue weighted by Gasteiger charge is 2.30. The summed E-state index contributed by atoms with van der Waals surface area (Å²) in [6.45, 7) is 3.17. The fourth-order valence-corrected chi connectivity index (χ4v) is 3.42. The first-order chi connectivity index (χ1) is 15.3. The average Bonchev–Trinajstić information content (AvgIpc) is 2.77. The Morgan fingerprint density at radius 3 is 2.25 bits per heavy atom. The highest BCUT2D eigenvalue weighted by molar-refractivity contribution is 5.92. The lowest BCUT2D eigenvalue weighted by Gasteiger charge is -2.31. The standard InChI is InChI=1S/C23H25F2N3O4/c1-15(26-20(29)13-16-11-18(24)14-19(25)12-16)22(30)27-21(17-5-3-2-4-6-17)23(31)28-7-9-32-10-8-28/h2-6,11-12,14-15,21H,7-10,13H2,1H3,(H,26,29)(H,27,30)/t15-,21?/m0/s1. The molecular formula is C23H25F2N3O4. The lowest BCUT2D eigenvalue weighted by atomic mass is 10.0. The maximum absolute atomic E-state index is 13.3. The number of halogens is 2. The number of hydrogen-bond acceptors (Lipinski definition) is 4. The van der Waals surface area contributed by atoms with E-state index in [1.165, 1.54) is 6.92 Å². The van der Waals surface area contributed by atoms with E-state index in [4.69, 9.17) is 4.74 Å². The third kappa shape index (κ3) is 6.34. The summed E-state index contributed by atoms with van der Waals surface area (Å²) in [6.07, 6.45) is -0.291. The first kappa shape index (κ1) is 23.3. The third-order valence-corrected chi connectivity index (χ3v) is 5.05. The number of morpholine rings is 1. The number of rotatable bonds is 7. The Balaban J connectivity index is 1.65. The molecule has 1 heterocycles. The molecule has 0 aliphatic carbocycles. The van der Waals surface area contributed by atoms with Crippen LogP contribution < -0.4 is 10.6 Å². The Morgan fingerprint density at radius 2 is 1.62 bits per heavy atom. The van der Waals surface area contributed by atoms with Crippen molar-refractivity contribution in [3.05, 3.63) is 71.3 Å². The molecule has 7 nitrogen and oxygen atoms in total. The van der Waals surface area contributed by atoms with Crippen molar-refractivity contribution in [1.82, 2.24) is 15.5 Å². The largest absolute Gasteiger partial charge is 0.378 e. The zero-order valence-corrected chi connectivity index (χ0v) is 17.6. The fourth-order valence-electron chi connectivity index (χ4n) is 3.42. The lowest BCUT2D eigenvalue weighted by molar-refractivity contribution is -0.140. The van der Waals surface area contributed by atoms with Crippen molar-refractivity contribution in [1.29, 1.82) is 0 Å². The van der Waals surface area contributed by atoms with Gasteiger partial charge in [-0.15, -0.1) is 0 Å². The molecule has 2 aromatic rings. The van der Waals surface area contributed by atoms with Crippen molar-refractivity contribution in [2.45, 2.75) is 25.4 Å². The zero-order valence-electron chi connectivity index (χ0n) is 17.6. The first-order valence-electron chi connectivity index (χ1n) is 10.3.